The van der Waals surface area contributed by atoms with E-state index in [0.29, 0.717) is 5.69 Å². The third-order valence-corrected chi connectivity index (χ3v) is 2.95. The van der Waals surface area contributed by atoms with Gasteiger partial charge in [0.1, 0.15) is 5.69 Å². The Morgan fingerprint density at radius 3 is 2.58 bits per heavy atom. The Balaban J connectivity index is 2.27. The first-order valence-electron chi connectivity index (χ1n) is 6.28. The summed E-state index contributed by atoms with van der Waals surface area (Å²) < 4.78 is 1.91. The van der Waals surface area contributed by atoms with Crippen LogP contribution in [0, 0.1) is 13.8 Å². The molecule has 100 valence electrons. The molecule has 0 saturated heterocycles. The van der Waals surface area contributed by atoms with Gasteiger partial charge in [-0.2, -0.15) is 5.10 Å². The van der Waals surface area contributed by atoms with Crippen LogP contribution in [0.25, 0.3) is 0 Å². The summed E-state index contributed by atoms with van der Waals surface area (Å²) in [6.45, 7) is 7.96. The molecular weight excluding hydrogens is 240 g/mol. The second kappa shape index (κ2) is 5.22. The summed E-state index contributed by atoms with van der Waals surface area (Å²) in [4.78, 5) is 16.1. The van der Waals surface area contributed by atoms with Crippen molar-refractivity contribution in [1.29, 1.82) is 0 Å². The number of hydrogen-bond acceptors (Lipinski definition) is 3. The molecule has 0 atom stereocenters. The van der Waals surface area contributed by atoms with Crippen molar-refractivity contribution >= 4 is 11.6 Å². The van der Waals surface area contributed by atoms with Crippen LogP contribution < -0.4 is 5.32 Å². The Morgan fingerprint density at radius 1 is 1.32 bits per heavy atom. The molecule has 0 radical (unpaired) electrons. The van der Waals surface area contributed by atoms with Crippen LogP contribution in [0.4, 0.5) is 5.69 Å². The number of nitrogens with zero attached hydrogens (tertiary/aromatic N) is 3. The lowest BCUT2D eigenvalue weighted by atomic mass is 10.2. The van der Waals surface area contributed by atoms with E-state index < -0.39 is 0 Å². The highest BCUT2D eigenvalue weighted by molar-refractivity contribution is 6.03. The summed E-state index contributed by atoms with van der Waals surface area (Å²) in [7, 11) is 0. The van der Waals surface area contributed by atoms with Crippen molar-refractivity contribution in [3.05, 3.63) is 41.5 Å². The third-order valence-electron chi connectivity index (χ3n) is 2.95. The molecule has 2 rings (SSSR count). The summed E-state index contributed by atoms with van der Waals surface area (Å²) in [5.74, 6) is -0.213. The normalized spacial score (nSPS) is 10.8. The van der Waals surface area contributed by atoms with Crippen molar-refractivity contribution in [2.75, 3.05) is 5.32 Å². The van der Waals surface area contributed by atoms with Crippen LogP contribution in [0.1, 0.15) is 41.8 Å². The van der Waals surface area contributed by atoms with Gasteiger partial charge in [0.2, 0.25) is 0 Å². The molecule has 5 nitrogen and oxygen atoms in total. The minimum atomic E-state index is -0.213. The van der Waals surface area contributed by atoms with Gasteiger partial charge in [-0.3, -0.25) is 14.5 Å². The molecule has 2 heterocycles. The second-order valence-corrected chi connectivity index (χ2v) is 4.75. The zero-order chi connectivity index (χ0) is 14.0. The maximum Gasteiger partial charge on any atom is 0.274 e. The molecule has 1 N–H and O–H groups in total. The summed E-state index contributed by atoms with van der Waals surface area (Å²) >= 11 is 0. The van der Waals surface area contributed by atoms with E-state index >= 15 is 0 Å². The number of carbonyl (C=O) groups is 1. The molecule has 5 heteroatoms. The number of nitrogens with one attached hydrogen (secondary N) is 1. The van der Waals surface area contributed by atoms with Crippen LogP contribution in [0.2, 0.25) is 0 Å². The maximum absolute atomic E-state index is 12.1. The minimum Gasteiger partial charge on any atom is -0.317 e. The van der Waals surface area contributed by atoms with E-state index in [1.807, 2.05) is 18.5 Å². The Hall–Kier alpha value is -2.17. The first-order chi connectivity index (χ1) is 9.00. The predicted octanol–water partition coefficient (Wildman–Crippen LogP) is 2.73. The highest BCUT2D eigenvalue weighted by Crippen LogP contribution is 2.22. The van der Waals surface area contributed by atoms with Gasteiger partial charge in [0.05, 0.1) is 17.1 Å². The standard InChI is InChI=1S/C14H18N4O/c1-9(2)18-11(4)13(10(3)17-18)16-14(19)12-7-5-6-8-15-12/h5-9H,1-4H3,(H,16,19). The van der Waals surface area contributed by atoms with E-state index in [-0.39, 0.29) is 11.9 Å². The Bertz CT molecular complexity index is 587. The zero-order valence-corrected chi connectivity index (χ0v) is 11.6. The molecule has 0 bridgehead atoms. The topological polar surface area (TPSA) is 59.8 Å². The van der Waals surface area contributed by atoms with Gasteiger partial charge in [-0.05, 0) is 39.8 Å². The summed E-state index contributed by atoms with van der Waals surface area (Å²) in [6, 6.07) is 5.52. The van der Waals surface area contributed by atoms with Crippen LogP contribution in [-0.2, 0) is 0 Å². The maximum atomic E-state index is 12.1. The van der Waals surface area contributed by atoms with Gasteiger partial charge in [0, 0.05) is 12.2 Å². The molecular formula is C14H18N4O. The van der Waals surface area contributed by atoms with Crippen molar-refractivity contribution in [3.63, 3.8) is 0 Å². The molecule has 2 aromatic heterocycles. The lowest BCUT2D eigenvalue weighted by molar-refractivity contribution is 0.102. The third kappa shape index (κ3) is 2.65. The smallest absolute Gasteiger partial charge is 0.274 e. The molecule has 0 fully saturated rings. The number of hydrogen-bond donors (Lipinski definition) is 1. The molecule has 0 aliphatic rings. The summed E-state index contributed by atoms with van der Waals surface area (Å²) in [5, 5.41) is 7.32. The number of amides is 1. The second-order valence-electron chi connectivity index (χ2n) is 4.75. The van der Waals surface area contributed by atoms with Gasteiger partial charge >= 0.3 is 0 Å². The van der Waals surface area contributed by atoms with Crippen molar-refractivity contribution in [3.8, 4) is 0 Å². The fraction of sp³-hybridized carbons (Fsp3) is 0.357. The molecule has 0 unspecified atom stereocenters. The largest absolute Gasteiger partial charge is 0.317 e. The molecule has 0 aliphatic carbocycles. The van der Waals surface area contributed by atoms with Crippen LogP contribution in [0.15, 0.2) is 24.4 Å². The Kier molecular flexibility index (Phi) is 3.64. The van der Waals surface area contributed by atoms with Crippen LogP contribution in [0.3, 0.4) is 0 Å². The van der Waals surface area contributed by atoms with Crippen molar-refractivity contribution in [2.24, 2.45) is 0 Å². The highest BCUT2D eigenvalue weighted by Gasteiger charge is 2.16. The van der Waals surface area contributed by atoms with Gasteiger partial charge in [-0.15, -0.1) is 0 Å². The van der Waals surface area contributed by atoms with Crippen molar-refractivity contribution in [2.45, 2.75) is 33.7 Å². The van der Waals surface area contributed by atoms with Gasteiger partial charge in [0.25, 0.3) is 5.91 Å². The Morgan fingerprint density at radius 2 is 2.05 bits per heavy atom. The number of rotatable bonds is 3. The molecule has 1 amide bonds. The molecule has 0 aromatic carbocycles. The lowest BCUT2D eigenvalue weighted by Crippen LogP contribution is -2.14. The molecule has 19 heavy (non-hydrogen) atoms. The summed E-state index contributed by atoms with van der Waals surface area (Å²) in [6.07, 6.45) is 1.60. The van der Waals surface area contributed by atoms with E-state index in [4.69, 9.17) is 0 Å². The number of aromatic nitrogens is 3. The molecule has 0 spiro atoms. The van der Waals surface area contributed by atoms with E-state index in [1.54, 1.807) is 24.4 Å². The average Bonchev–Trinajstić information content (AvgIpc) is 2.68. The highest BCUT2D eigenvalue weighted by atomic mass is 16.1. The van der Waals surface area contributed by atoms with Gasteiger partial charge in [0.15, 0.2) is 0 Å². The van der Waals surface area contributed by atoms with Gasteiger partial charge in [-0.1, -0.05) is 6.07 Å². The van der Waals surface area contributed by atoms with Crippen LogP contribution in [0.5, 0.6) is 0 Å². The minimum absolute atomic E-state index is 0.213. The quantitative estimate of drug-likeness (QED) is 0.920. The number of aryl methyl sites for hydroxylation is 1. The number of anilines is 1. The van der Waals surface area contributed by atoms with Crippen molar-refractivity contribution < 1.29 is 4.79 Å². The average molecular weight is 258 g/mol. The first-order valence-corrected chi connectivity index (χ1v) is 6.28. The van der Waals surface area contributed by atoms with E-state index in [9.17, 15) is 4.79 Å². The van der Waals surface area contributed by atoms with E-state index in [2.05, 4.69) is 29.2 Å². The molecule has 0 saturated carbocycles. The predicted molar refractivity (Wildman–Crippen MR) is 74.3 cm³/mol. The molecule has 2 aromatic rings. The van der Waals surface area contributed by atoms with Crippen LogP contribution in [-0.4, -0.2) is 20.7 Å². The number of pyridine rings is 1. The monoisotopic (exact) mass is 258 g/mol. The molecule has 0 aliphatic heterocycles. The van der Waals surface area contributed by atoms with Crippen molar-refractivity contribution in [1.82, 2.24) is 14.8 Å². The fourth-order valence-corrected chi connectivity index (χ4v) is 2.02. The number of carbonyl (C=O) groups excluding carboxylic acids is 1. The zero-order valence-electron chi connectivity index (χ0n) is 11.6. The van der Waals surface area contributed by atoms with Crippen LogP contribution >= 0.6 is 0 Å². The van der Waals surface area contributed by atoms with Gasteiger partial charge in [-0.25, -0.2) is 0 Å². The van der Waals surface area contributed by atoms with Gasteiger partial charge < -0.3 is 5.32 Å². The first kappa shape index (κ1) is 13.3. The Labute approximate surface area is 112 Å². The SMILES string of the molecule is Cc1nn(C(C)C)c(C)c1NC(=O)c1ccccn1. The summed E-state index contributed by atoms with van der Waals surface area (Å²) in [5.41, 5.74) is 2.94. The fourth-order valence-electron chi connectivity index (χ4n) is 2.02. The van der Waals surface area contributed by atoms with E-state index in [1.165, 1.54) is 0 Å². The lowest BCUT2D eigenvalue weighted by Gasteiger charge is -2.09. The van der Waals surface area contributed by atoms with E-state index in [0.717, 1.165) is 17.1 Å².